The van der Waals surface area contributed by atoms with E-state index in [1.54, 1.807) is 17.2 Å². The van der Waals surface area contributed by atoms with Crippen molar-refractivity contribution in [1.82, 2.24) is 19.7 Å². The lowest BCUT2D eigenvalue weighted by atomic mass is 10.2. The SMILES string of the molecule is CC[C@@H](C)Nc1ncnc2c1cnn2C. The number of aromatic nitrogens is 4. The molecule has 0 saturated heterocycles. The van der Waals surface area contributed by atoms with Crippen molar-refractivity contribution in [3.8, 4) is 0 Å². The second-order valence-electron chi connectivity index (χ2n) is 3.68. The maximum absolute atomic E-state index is 4.23. The van der Waals surface area contributed by atoms with Gasteiger partial charge in [0.05, 0.1) is 11.6 Å². The van der Waals surface area contributed by atoms with Crippen LogP contribution in [0.5, 0.6) is 0 Å². The highest BCUT2D eigenvalue weighted by atomic mass is 15.3. The van der Waals surface area contributed by atoms with Gasteiger partial charge in [-0.25, -0.2) is 9.97 Å². The molecule has 1 atom stereocenters. The molecule has 80 valence electrons. The van der Waals surface area contributed by atoms with E-state index in [1.165, 1.54) is 0 Å². The van der Waals surface area contributed by atoms with Crippen LogP contribution in [0.2, 0.25) is 0 Å². The molecule has 2 aromatic heterocycles. The summed E-state index contributed by atoms with van der Waals surface area (Å²) in [6.45, 7) is 4.27. The molecule has 0 spiro atoms. The number of rotatable bonds is 3. The fourth-order valence-electron chi connectivity index (χ4n) is 1.41. The second kappa shape index (κ2) is 3.84. The maximum Gasteiger partial charge on any atom is 0.163 e. The van der Waals surface area contributed by atoms with Gasteiger partial charge in [0, 0.05) is 13.1 Å². The summed E-state index contributed by atoms with van der Waals surface area (Å²) in [5.74, 6) is 0.863. The molecule has 0 aromatic carbocycles. The number of anilines is 1. The van der Waals surface area contributed by atoms with Crippen molar-refractivity contribution < 1.29 is 0 Å². The van der Waals surface area contributed by atoms with Gasteiger partial charge in [0.15, 0.2) is 5.65 Å². The first-order chi connectivity index (χ1) is 7.22. The van der Waals surface area contributed by atoms with Crippen LogP contribution in [-0.4, -0.2) is 25.8 Å². The summed E-state index contributed by atoms with van der Waals surface area (Å²) in [6.07, 6.45) is 4.42. The minimum atomic E-state index is 0.406. The third kappa shape index (κ3) is 1.77. The van der Waals surface area contributed by atoms with Crippen molar-refractivity contribution in [3.63, 3.8) is 0 Å². The number of aryl methyl sites for hydroxylation is 1. The average Bonchev–Trinajstić information content (AvgIpc) is 2.62. The van der Waals surface area contributed by atoms with Gasteiger partial charge in [0.1, 0.15) is 12.1 Å². The summed E-state index contributed by atoms with van der Waals surface area (Å²) in [5.41, 5.74) is 0.857. The maximum atomic E-state index is 4.23. The van der Waals surface area contributed by atoms with Crippen LogP contribution >= 0.6 is 0 Å². The zero-order valence-electron chi connectivity index (χ0n) is 9.23. The number of nitrogens with one attached hydrogen (secondary N) is 1. The van der Waals surface area contributed by atoms with Crippen LogP contribution in [0.1, 0.15) is 20.3 Å². The van der Waals surface area contributed by atoms with Gasteiger partial charge >= 0.3 is 0 Å². The highest BCUT2D eigenvalue weighted by Crippen LogP contribution is 2.18. The second-order valence-corrected chi connectivity index (χ2v) is 3.68. The normalized spacial score (nSPS) is 13.0. The molecule has 0 aliphatic rings. The third-order valence-corrected chi connectivity index (χ3v) is 2.52. The smallest absolute Gasteiger partial charge is 0.163 e. The Balaban J connectivity index is 2.43. The summed E-state index contributed by atoms with van der Waals surface area (Å²) < 4.78 is 1.75. The van der Waals surface area contributed by atoms with Gasteiger partial charge in [-0.3, -0.25) is 4.68 Å². The Morgan fingerprint density at radius 1 is 1.47 bits per heavy atom. The Kier molecular flexibility index (Phi) is 2.53. The molecule has 0 saturated carbocycles. The van der Waals surface area contributed by atoms with Gasteiger partial charge in [-0.15, -0.1) is 0 Å². The van der Waals surface area contributed by atoms with E-state index in [9.17, 15) is 0 Å². The monoisotopic (exact) mass is 205 g/mol. The van der Waals surface area contributed by atoms with Crippen LogP contribution in [0, 0.1) is 0 Å². The van der Waals surface area contributed by atoms with Crippen molar-refractivity contribution in [2.45, 2.75) is 26.3 Å². The number of hydrogen-bond acceptors (Lipinski definition) is 4. The molecule has 2 aromatic rings. The molecule has 0 aliphatic heterocycles. The summed E-state index contributed by atoms with van der Waals surface area (Å²) >= 11 is 0. The molecule has 2 heterocycles. The highest BCUT2D eigenvalue weighted by Gasteiger charge is 2.08. The van der Waals surface area contributed by atoms with Crippen LogP contribution in [0.3, 0.4) is 0 Å². The van der Waals surface area contributed by atoms with Crippen LogP contribution in [0.15, 0.2) is 12.5 Å². The van der Waals surface area contributed by atoms with Gasteiger partial charge in [0.2, 0.25) is 0 Å². The molecule has 0 amide bonds. The fourth-order valence-corrected chi connectivity index (χ4v) is 1.41. The lowest BCUT2D eigenvalue weighted by Crippen LogP contribution is -2.14. The van der Waals surface area contributed by atoms with Gasteiger partial charge in [0.25, 0.3) is 0 Å². The Bertz CT molecular complexity index is 462. The van der Waals surface area contributed by atoms with Crippen molar-refractivity contribution in [2.24, 2.45) is 7.05 Å². The average molecular weight is 205 g/mol. The van der Waals surface area contributed by atoms with Crippen molar-refractivity contribution in [2.75, 3.05) is 5.32 Å². The minimum Gasteiger partial charge on any atom is -0.367 e. The van der Waals surface area contributed by atoms with Crippen LogP contribution in [0.4, 0.5) is 5.82 Å². The molecule has 1 N–H and O–H groups in total. The molecule has 0 radical (unpaired) electrons. The summed E-state index contributed by atoms with van der Waals surface area (Å²) in [4.78, 5) is 8.42. The summed E-state index contributed by atoms with van der Waals surface area (Å²) in [7, 11) is 1.88. The Labute approximate surface area is 88.5 Å². The molecule has 5 nitrogen and oxygen atoms in total. The van der Waals surface area contributed by atoms with E-state index in [0.717, 1.165) is 23.3 Å². The zero-order chi connectivity index (χ0) is 10.8. The van der Waals surface area contributed by atoms with E-state index in [1.807, 2.05) is 7.05 Å². The van der Waals surface area contributed by atoms with Crippen molar-refractivity contribution in [3.05, 3.63) is 12.5 Å². The number of hydrogen-bond donors (Lipinski definition) is 1. The van der Waals surface area contributed by atoms with E-state index < -0.39 is 0 Å². The van der Waals surface area contributed by atoms with E-state index in [0.29, 0.717) is 6.04 Å². The quantitative estimate of drug-likeness (QED) is 0.826. The third-order valence-electron chi connectivity index (χ3n) is 2.52. The van der Waals surface area contributed by atoms with Crippen LogP contribution < -0.4 is 5.32 Å². The van der Waals surface area contributed by atoms with E-state index >= 15 is 0 Å². The predicted molar refractivity (Wildman–Crippen MR) is 59.7 cm³/mol. The first-order valence-electron chi connectivity index (χ1n) is 5.11. The van der Waals surface area contributed by atoms with Crippen molar-refractivity contribution >= 4 is 16.9 Å². The molecule has 5 heteroatoms. The fraction of sp³-hybridized carbons (Fsp3) is 0.500. The van der Waals surface area contributed by atoms with Crippen molar-refractivity contribution in [1.29, 1.82) is 0 Å². The largest absolute Gasteiger partial charge is 0.367 e. The predicted octanol–water partition coefficient (Wildman–Crippen LogP) is 1.57. The summed E-state index contributed by atoms with van der Waals surface area (Å²) in [5, 5.41) is 8.48. The minimum absolute atomic E-state index is 0.406. The molecule has 0 aliphatic carbocycles. The van der Waals surface area contributed by atoms with Crippen LogP contribution in [0.25, 0.3) is 11.0 Å². The highest BCUT2D eigenvalue weighted by molar-refractivity contribution is 5.86. The van der Waals surface area contributed by atoms with Gasteiger partial charge in [-0.2, -0.15) is 5.10 Å². The van der Waals surface area contributed by atoms with E-state index in [2.05, 4.69) is 34.2 Å². The van der Waals surface area contributed by atoms with Gasteiger partial charge in [-0.1, -0.05) is 6.92 Å². The molecular weight excluding hydrogens is 190 g/mol. The Morgan fingerprint density at radius 2 is 2.27 bits per heavy atom. The lowest BCUT2D eigenvalue weighted by Gasteiger charge is -2.11. The molecule has 0 fully saturated rings. The molecule has 0 unspecified atom stereocenters. The Hall–Kier alpha value is -1.65. The molecule has 15 heavy (non-hydrogen) atoms. The van der Waals surface area contributed by atoms with E-state index in [-0.39, 0.29) is 0 Å². The van der Waals surface area contributed by atoms with Crippen LogP contribution in [-0.2, 0) is 7.05 Å². The molecule has 2 rings (SSSR count). The zero-order valence-corrected chi connectivity index (χ0v) is 9.23. The van der Waals surface area contributed by atoms with E-state index in [4.69, 9.17) is 0 Å². The standard InChI is InChI=1S/C10H15N5/c1-4-7(2)14-9-8-5-13-15(3)10(8)12-6-11-9/h5-7H,4H2,1-3H3,(H,11,12,14)/t7-/m1/s1. The Morgan fingerprint density at radius 3 is 3.00 bits per heavy atom. The first-order valence-corrected chi connectivity index (χ1v) is 5.11. The molecule has 0 bridgehead atoms. The lowest BCUT2D eigenvalue weighted by molar-refractivity contribution is 0.759. The number of fused-ring (bicyclic) bond motifs is 1. The van der Waals surface area contributed by atoms with Gasteiger partial charge in [-0.05, 0) is 13.3 Å². The first kappa shape index (κ1) is 9.89. The van der Waals surface area contributed by atoms with Gasteiger partial charge < -0.3 is 5.32 Å². The molecular formula is C10H15N5. The topological polar surface area (TPSA) is 55.6 Å². The number of nitrogens with zero attached hydrogens (tertiary/aromatic N) is 4. The summed E-state index contributed by atoms with van der Waals surface area (Å²) in [6, 6.07) is 0.406.